The minimum Gasteiger partial charge on any atom is -0.369 e. The lowest BCUT2D eigenvalue weighted by atomic mass is 9.84. The zero-order valence-corrected chi connectivity index (χ0v) is 13.5. The highest BCUT2D eigenvalue weighted by Crippen LogP contribution is 2.29. The first kappa shape index (κ1) is 14.8. The minimum absolute atomic E-state index is 0.577. The van der Waals surface area contributed by atoms with Crippen molar-refractivity contribution in [2.75, 3.05) is 20.1 Å². The molecule has 1 saturated carbocycles. The molecule has 2 N–H and O–H groups in total. The number of hydrazine groups is 1. The van der Waals surface area contributed by atoms with Gasteiger partial charge in [-0.25, -0.2) is 0 Å². The summed E-state index contributed by atoms with van der Waals surface area (Å²) in [5.74, 6) is 0.832. The zero-order valence-electron chi connectivity index (χ0n) is 13.5. The van der Waals surface area contributed by atoms with Crippen molar-refractivity contribution in [2.45, 2.75) is 57.5 Å². The highest BCUT2D eigenvalue weighted by Gasteiger charge is 2.27. The van der Waals surface area contributed by atoms with Crippen LogP contribution in [0.1, 0.15) is 45.4 Å². The van der Waals surface area contributed by atoms with E-state index < -0.39 is 0 Å². The topological polar surface area (TPSA) is 30.5 Å². The Bertz CT molecular complexity index is 398. The highest BCUT2D eigenvalue weighted by molar-refractivity contribution is 5.21. The molecule has 118 valence electrons. The molecule has 2 fully saturated rings. The van der Waals surface area contributed by atoms with Crippen LogP contribution in [0.2, 0.25) is 0 Å². The van der Waals surface area contributed by atoms with E-state index in [9.17, 15) is 0 Å². The fraction of sp³-hybridized carbons (Fsp3) is 0.765. The van der Waals surface area contributed by atoms with E-state index in [4.69, 9.17) is 0 Å². The van der Waals surface area contributed by atoms with Crippen LogP contribution < -0.4 is 10.7 Å². The maximum absolute atomic E-state index is 3.43. The Morgan fingerprint density at radius 1 is 1.24 bits per heavy atom. The van der Waals surface area contributed by atoms with E-state index in [1.54, 1.807) is 0 Å². The molecule has 2 aliphatic heterocycles. The standard InChI is InChI=1S/C17H30N4/c1-14(15-6-4-3-5-7-15)21-13-17(8-10-19-21)20-11-9-16(12-20)18-2/h8,10,13-16,18-19H,3-7,9,11-12H2,1-2H3/t14-,16-/m1/s1. The average Bonchev–Trinajstić information content (AvgIpc) is 3.04. The van der Waals surface area contributed by atoms with Crippen LogP contribution in [0.5, 0.6) is 0 Å². The number of nitrogens with one attached hydrogen (secondary N) is 2. The summed E-state index contributed by atoms with van der Waals surface area (Å²) >= 11 is 0. The summed E-state index contributed by atoms with van der Waals surface area (Å²) in [7, 11) is 2.07. The van der Waals surface area contributed by atoms with Crippen molar-refractivity contribution in [1.29, 1.82) is 0 Å². The second kappa shape index (κ2) is 6.73. The summed E-state index contributed by atoms with van der Waals surface area (Å²) in [6.07, 6.45) is 14.9. The Balaban J connectivity index is 1.63. The van der Waals surface area contributed by atoms with Crippen molar-refractivity contribution in [2.24, 2.45) is 5.92 Å². The molecular weight excluding hydrogens is 260 g/mol. The van der Waals surface area contributed by atoms with Crippen LogP contribution in [0.25, 0.3) is 0 Å². The molecule has 0 radical (unpaired) electrons. The number of allylic oxidation sites excluding steroid dienone is 1. The van der Waals surface area contributed by atoms with Crippen molar-refractivity contribution >= 4 is 0 Å². The lowest BCUT2D eigenvalue weighted by molar-refractivity contribution is 0.142. The number of likely N-dealkylation sites (tertiary alicyclic amines) is 1. The molecule has 0 spiro atoms. The van der Waals surface area contributed by atoms with Gasteiger partial charge in [-0.15, -0.1) is 0 Å². The molecular formula is C17H30N4. The van der Waals surface area contributed by atoms with Crippen LogP contribution in [0.15, 0.2) is 24.2 Å². The number of hydrogen-bond donors (Lipinski definition) is 2. The molecule has 0 bridgehead atoms. The maximum atomic E-state index is 3.43. The van der Waals surface area contributed by atoms with Gasteiger partial charge in [0.2, 0.25) is 0 Å². The first-order valence-corrected chi connectivity index (χ1v) is 8.63. The predicted molar refractivity (Wildman–Crippen MR) is 87.3 cm³/mol. The van der Waals surface area contributed by atoms with E-state index >= 15 is 0 Å². The second-order valence-corrected chi connectivity index (χ2v) is 6.78. The second-order valence-electron chi connectivity index (χ2n) is 6.78. The van der Waals surface area contributed by atoms with Crippen LogP contribution in [0.3, 0.4) is 0 Å². The van der Waals surface area contributed by atoms with E-state index in [0.717, 1.165) is 19.0 Å². The summed E-state index contributed by atoms with van der Waals surface area (Å²) in [4.78, 5) is 2.50. The van der Waals surface area contributed by atoms with Crippen molar-refractivity contribution < 1.29 is 0 Å². The van der Waals surface area contributed by atoms with Crippen molar-refractivity contribution in [3.63, 3.8) is 0 Å². The molecule has 2 heterocycles. The van der Waals surface area contributed by atoms with Crippen molar-refractivity contribution in [3.05, 3.63) is 24.2 Å². The van der Waals surface area contributed by atoms with E-state index in [2.05, 4.69) is 53.1 Å². The molecule has 0 aromatic carbocycles. The lowest BCUT2D eigenvalue weighted by Gasteiger charge is -2.38. The van der Waals surface area contributed by atoms with Crippen molar-refractivity contribution in [3.8, 4) is 0 Å². The number of nitrogens with zero attached hydrogens (tertiary/aromatic N) is 2. The number of likely N-dealkylation sites (N-methyl/N-ethyl adjacent to an activating group) is 1. The van der Waals surface area contributed by atoms with Gasteiger partial charge in [0.05, 0.1) is 5.70 Å². The van der Waals surface area contributed by atoms with Gasteiger partial charge >= 0.3 is 0 Å². The average molecular weight is 290 g/mol. The monoisotopic (exact) mass is 290 g/mol. The Labute approximate surface area is 129 Å². The molecule has 2 atom stereocenters. The summed E-state index contributed by atoms with van der Waals surface area (Å²) in [5, 5.41) is 5.73. The van der Waals surface area contributed by atoms with Gasteiger partial charge in [0.25, 0.3) is 0 Å². The van der Waals surface area contributed by atoms with E-state index in [-0.39, 0.29) is 0 Å². The SMILES string of the molecule is CN[C@@H]1CCN(C2=CN([C@H](C)C3CCCCC3)NC=C2)C1. The lowest BCUT2D eigenvalue weighted by Crippen LogP contribution is -2.44. The van der Waals surface area contributed by atoms with Crippen LogP contribution in [-0.2, 0) is 0 Å². The van der Waals surface area contributed by atoms with Gasteiger partial charge in [0.15, 0.2) is 0 Å². The first-order valence-electron chi connectivity index (χ1n) is 8.63. The molecule has 0 aromatic heterocycles. The first-order chi connectivity index (χ1) is 10.3. The molecule has 1 aliphatic carbocycles. The third-order valence-corrected chi connectivity index (χ3v) is 5.48. The van der Waals surface area contributed by atoms with Gasteiger partial charge in [-0.05, 0) is 45.2 Å². The van der Waals surface area contributed by atoms with Gasteiger partial charge in [0, 0.05) is 37.6 Å². The summed E-state index contributed by atoms with van der Waals surface area (Å²) in [6, 6.07) is 1.21. The number of rotatable bonds is 4. The third kappa shape index (κ3) is 3.37. The molecule has 4 nitrogen and oxygen atoms in total. The minimum atomic E-state index is 0.577. The predicted octanol–water partition coefficient (Wildman–Crippen LogP) is 2.42. The van der Waals surface area contributed by atoms with Crippen LogP contribution in [-0.4, -0.2) is 42.1 Å². The quantitative estimate of drug-likeness (QED) is 0.832. The molecule has 4 heteroatoms. The Morgan fingerprint density at radius 2 is 2.05 bits per heavy atom. The fourth-order valence-electron chi connectivity index (χ4n) is 3.93. The smallest absolute Gasteiger partial charge is 0.0563 e. The molecule has 3 aliphatic rings. The summed E-state index contributed by atoms with van der Waals surface area (Å²) in [6.45, 7) is 4.66. The van der Waals surface area contributed by atoms with E-state index in [1.165, 1.54) is 44.2 Å². The fourth-order valence-corrected chi connectivity index (χ4v) is 3.93. The van der Waals surface area contributed by atoms with Crippen LogP contribution in [0, 0.1) is 5.92 Å². The highest BCUT2D eigenvalue weighted by atomic mass is 15.5. The van der Waals surface area contributed by atoms with E-state index in [1.807, 2.05) is 0 Å². The van der Waals surface area contributed by atoms with Gasteiger partial charge < -0.3 is 15.6 Å². The molecule has 0 unspecified atom stereocenters. The summed E-state index contributed by atoms with van der Waals surface area (Å²) in [5.41, 5.74) is 4.78. The van der Waals surface area contributed by atoms with Gasteiger partial charge in [0.1, 0.15) is 0 Å². The zero-order chi connectivity index (χ0) is 14.7. The Kier molecular flexibility index (Phi) is 4.73. The van der Waals surface area contributed by atoms with Gasteiger partial charge in [-0.3, -0.25) is 5.01 Å². The Hall–Kier alpha value is -1.16. The largest absolute Gasteiger partial charge is 0.369 e. The third-order valence-electron chi connectivity index (χ3n) is 5.48. The Morgan fingerprint density at radius 3 is 2.76 bits per heavy atom. The van der Waals surface area contributed by atoms with Crippen LogP contribution >= 0.6 is 0 Å². The summed E-state index contributed by atoms with van der Waals surface area (Å²) < 4.78 is 0. The molecule has 0 amide bonds. The van der Waals surface area contributed by atoms with E-state index in [0.29, 0.717) is 12.1 Å². The number of hydrogen-bond acceptors (Lipinski definition) is 4. The van der Waals surface area contributed by atoms with Gasteiger partial charge in [-0.1, -0.05) is 19.3 Å². The van der Waals surface area contributed by atoms with Gasteiger partial charge in [-0.2, -0.15) is 0 Å². The molecule has 21 heavy (non-hydrogen) atoms. The van der Waals surface area contributed by atoms with Crippen molar-refractivity contribution in [1.82, 2.24) is 20.7 Å². The molecule has 1 saturated heterocycles. The molecule has 3 rings (SSSR count). The normalized spacial score (nSPS) is 28.5. The molecule has 0 aromatic rings. The van der Waals surface area contributed by atoms with Crippen LogP contribution in [0.4, 0.5) is 0 Å². The maximum Gasteiger partial charge on any atom is 0.0563 e.